The highest BCUT2D eigenvalue weighted by Gasteiger charge is 2.17. The van der Waals surface area contributed by atoms with E-state index < -0.39 is 5.97 Å². The number of methoxy groups -OCH3 is 1. The van der Waals surface area contributed by atoms with Crippen LogP contribution >= 0.6 is 11.3 Å². The topological polar surface area (TPSA) is 79.1 Å². The molecule has 1 aromatic carbocycles. The van der Waals surface area contributed by atoms with Crippen LogP contribution in [0.1, 0.15) is 29.6 Å². The molecule has 0 fully saturated rings. The summed E-state index contributed by atoms with van der Waals surface area (Å²) in [6, 6.07) is 11.3. The molecule has 0 atom stereocenters. The Kier molecular flexibility index (Phi) is 6.32. The maximum atomic E-state index is 12.7. The zero-order chi connectivity index (χ0) is 19.1. The molecule has 0 unspecified atom stereocenters. The molecule has 27 heavy (non-hydrogen) atoms. The fourth-order valence-corrected chi connectivity index (χ4v) is 3.18. The van der Waals surface area contributed by atoms with Gasteiger partial charge in [0.15, 0.2) is 12.4 Å². The predicted molar refractivity (Wildman–Crippen MR) is 103 cm³/mol. The van der Waals surface area contributed by atoms with Gasteiger partial charge in [-0.3, -0.25) is 0 Å². The highest BCUT2D eigenvalue weighted by Crippen LogP contribution is 2.25. The molecule has 2 aromatic heterocycles. The molecular formula is C19H20N4O3S. The average molecular weight is 384 g/mol. The number of esters is 1. The fraction of sp³-hybridized carbons (Fsp3) is 0.263. The fourth-order valence-electron chi connectivity index (χ4n) is 2.45. The van der Waals surface area contributed by atoms with Crippen LogP contribution in [0.3, 0.4) is 0 Å². The minimum absolute atomic E-state index is 0.0250. The third kappa shape index (κ3) is 4.79. The van der Waals surface area contributed by atoms with E-state index in [0.29, 0.717) is 17.9 Å². The van der Waals surface area contributed by atoms with Crippen molar-refractivity contribution >= 4 is 29.0 Å². The van der Waals surface area contributed by atoms with Crippen LogP contribution in [0.5, 0.6) is 5.75 Å². The van der Waals surface area contributed by atoms with Gasteiger partial charge < -0.3 is 9.47 Å². The summed E-state index contributed by atoms with van der Waals surface area (Å²) in [4.78, 5) is 13.6. The number of rotatable bonds is 8. The second kappa shape index (κ2) is 9.09. The SMILES string of the molecule is CCCn1nnnc1COC(=O)/C(=C/c1ccc(OC)cc1)c1cccs1. The molecule has 8 heteroatoms. The summed E-state index contributed by atoms with van der Waals surface area (Å²) in [5.41, 5.74) is 1.37. The molecule has 0 amide bonds. The van der Waals surface area contributed by atoms with Gasteiger partial charge in [-0.2, -0.15) is 0 Å². The zero-order valence-corrected chi connectivity index (χ0v) is 16.0. The lowest BCUT2D eigenvalue weighted by molar-refractivity contribution is -0.138. The number of thiophene rings is 1. The van der Waals surface area contributed by atoms with Crippen molar-refractivity contribution in [2.45, 2.75) is 26.5 Å². The van der Waals surface area contributed by atoms with Gasteiger partial charge in [0.1, 0.15) is 5.75 Å². The van der Waals surface area contributed by atoms with E-state index in [0.717, 1.165) is 22.6 Å². The number of tetrazole rings is 1. The second-order valence-electron chi connectivity index (χ2n) is 5.70. The van der Waals surface area contributed by atoms with Gasteiger partial charge in [0.25, 0.3) is 0 Å². The normalized spacial score (nSPS) is 11.4. The van der Waals surface area contributed by atoms with E-state index in [1.165, 1.54) is 11.3 Å². The molecule has 0 saturated carbocycles. The Hall–Kier alpha value is -3.00. The Labute approximate surface area is 161 Å². The number of aromatic nitrogens is 4. The highest BCUT2D eigenvalue weighted by atomic mass is 32.1. The second-order valence-corrected chi connectivity index (χ2v) is 6.65. The number of hydrogen-bond donors (Lipinski definition) is 0. The van der Waals surface area contributed by atoms with Gasteiger partial charge in [0, 0.05) is 11.4 Å². The monoisotopic (exact) mass is 384 g/mol. The standard InChI is InChI=1S/C19H20N4O3S/c1-3-10-23-18(20-21-22-23)13-26-19(24)16(17-5-4-11-27-17)12-14-6-8-15(25-2)9-7-14/h4-9,11-12H,3,10,13H2,1-2H3/b16-12+. The maximum absolute atomic E-state index is 12.7. The minimum Gasteiger partial charge on any atom is -0.497 e. The average Bonchev–Trinajstić information content (AvgIpc) is 3.37. The molecule has 0 saturated heterocycles. The van der Waals surface area contributed by atoms with E-state index in [2.05, 4.69) is 15.5 Å². The van der Waals surface area contributed by atoms with Crippen LogP contribution < -0.4 is 4.74 Å². The van der Waals surface area contributed by atoms with Crippen molar-refractivity contribution in [3.63, 3.8) is 0 Å². The van der Waals surface area contributed by atoms with Crippen molar-refractivity contribution in [1.82, 2.24) is 20.2 Å². The van der Waals surface area contributed by atoms with E-state index in [1.807, 2.05) is 54.8 Å². The van der Waals surface area contributed by atoms with Gasteiger partial charge in [-0.25, -0.2) is 9.48 Å². The number of carbonyl (C=O) groups is 1. The van der Waals surface area contributed by atoms with Gasteiger partial charge in [-0.1, -0.05) is 25.1 Å². The lowest BCUT2D eigenvalue weighted by Crippen LogP contribution is -2.11. The minimum atomic E-state index is -0.417. The first kappa shape index (κ1) is 18.8. The third-order valence-corrected chi connectivity index (χ3v) is 4.71. The van der Waals surface area contributed by atoms with Crippen LogP contribution in [0, 0.1) is 0 Å². The van der Waals surface area contributed by atoms with E-state index in [4.69, 9.17) is 9.47 Å². The molecule has 0 aliphatic heterocycles. The summed E-state index contributed by atoms with van der Waals surface area (Å²) in [6.07, 6.45) is 2.70. The molecule has 3 rings (SSSR count). The Morgan fingerprint density at radius 2 is 2.07 bits per heavy atom. The lowest BCUT2D eigenvalue weighted by atomic mass is 10.1. The van der Waals surface area contributed by atoms with Crippen molar-refractivity contribution in [2.75, 3.05) is 7.11 Å². The predicted octanol–water partition coefficient (Wildman–Crippen LogP) is 3.44. The van der Waals surface area contributed by atoms with Gasteiger partial charge in [0.05, 0.1) is 12.7 Å². The zero-order valence-electron chi connectivity index (χ0n) is 15.2. The quantitative estimate of drug-likeness (QED) is 0.437. The maximum Gasteiger partial charge on any atom is 0.340 e. The van der Waals surface area contributed by atoms with Gasteiger partial charge in [0.2, 0.25) is 0 Å². The van der Waals surface area contributed by atoms with Crippen LogP contribution in [-0.4, -0.2) is 33.3 Å². The van der Waals surface area contributed by atoms with Gasteiger partial charge >= 0.3 is 5.97 Å². The molecule has 0 spiro atoms. The molecule has 2 heterocycles. The van der Waals surface area contributed by atoms with E-state index in [9.17, 15) is 4.79 Å². The molecule has 0 N–H and O–H groups in total. The van der Waals surface area contributed by atoms with Crippen LogP contribution in [-0.2, 0) is 22.7 Å². The summed E-state index contributed by atoms with van der Waals surface area (Å²) < 4.78 is 12.3. The number of benzene rings is 1. The summed E-state index contributed by atoms with van der Waals surface area (Å²) in [7, 11) is 1.62. The van der Waals surface area contributed by atoms with Crippen molar-refractivity contribution < 1.29 is 14.3 Å². The molecule has 0 bridgehead atoms. The highest BCUT2D eigenvalue weighted by molar-refractivity contribution is 7.11. The largest absolute Gasteiger partial charge is 0.497 e. The van der Waals surface area contributed by atoms with Crippen molar-refractivity contribution in [3.8, 4) is 5.75 Å². The van der Waals surface area contributed by atoms with Crippen molar-refractivity contribution in [2.24, 2.45) is 0 Å². The van der Waals surface area contributed by atoms with Crippen molar-refractivity contribution in [3.05, 3.63) is 58.0 Å². The van der Waals surface area contributed by atoms with E-state index >= 15 is 0 Å². The Balaban J connectivity index is 1.79. The first-order valence-electron chi connectivity index (χ1n) is 8.53. The summed E-state index contributed by atoms with van der Waals surface area (Å²) in [5.74, 6) is 0.870. The molecule has 7 nitrogen and oxygen atoms in total. The van der Waals surface area contributed by atoms with Gasteiger partial charge in [-0.05, 0) is 52.1 Å². The summed E-state index contributed by atoms with van der Waals surface area (Å²) in [5, 5.41) is 13.4. The summed E-state index contributed by atoms with van der Waals surface area (Å²) in [6.45, 7) is 2.74. The van der Waals surface area contributed by atoms with Gasteiger partial charge in [-0.15, -0.1) is 16.4 Å². The third-order valence-electron chi connectivity index (χ3n) is 3.81. The molecule has 3 aromatic rings. The number of nitrogens with zero attached hydrogens (tertiary/aromatic N) is 4. The van der Waals surface area contributed by atoms with Crippen LogP contribution in [0.2, 0.25) is 0 Å². The first-order chi connectivity index (χ1) is 13.2. The molecule has 0 aliphatic carbocycles. The van der Waals surface area contributed by atoms with E-state index in [1.54, 1.807) is 11.8 Å². The number of hydrogen-bond acceptors (Lipinski definition) is 7. The summed E-state index contributed by atoms with van der Waals surface area (Å²) >= 11 is 1.48. The van der Waals surface area contributed by atoms with E-state index in [-0.39, 0.29) is 6.61 Å². The number of ether oxygens (including phenoxy) is 2. The molecule has 140 valence electrons. The van der Waals surface area contributed by atoms with Crippen LogP contribution in [0.15, 0.2) is 41.8 Å². The lowest BCUT2D eigenvalue weighted by Gasteiger charge is -2.08. The molecular weight excluding hydrogens is 364 g/mol. The Morgan fingerprint density at radius 3 is 2.74 bits per heavy atom. The molecule has 0 radical (unpaired) electrons. The Bertz CT molecular complexity index is 901. The van der Waals surface area contributed by atoms with Crippen molar-refractivity contribution in [1.29, 1.82) is 0 Å². The van der Waals surface area contributed by atoms with Crippen LogP contribution in [0.4, 0.5) is 0 Å². The Morgan fingerprint density at radius 1 is 1.26 bits per heavy atom. The number of carbonyl (C=O) groups excluding carboxylic acids is 1. The smallest absolute Gasteiger partial charge is 0.340 e. The first-order valence-corrected chi connectivity index (χ1v) is 9.41. The van der Waals surface area contributed by atoms with Crippen LogP contribution in [0.25, 0.3) is 11.6 Å². The number of aryl methyl sites for hydroxylation is 1. The molecule has 0 aliphatic rings.